The molecule has 1 fully saturated rings. The molecule has 1 saturated heterocycles. The standard InChI is InChI=1S/C12H21N5O/c1-9-12(10(2)15-14-9)17-6-4-16(5-7-17)8-11(18)13-3/h4-8H2,1-3H3,(H,13,18)(H,14,15). The fraction of sp³-hybridized carbons (Fsp3) is 0.667. The number of hydrogen-bond donors (Lipinski definition) is 2. The summed E-state index contributed by atoms with van der Waals surface area (Å²) in [5, 5.41) is 9.91. The molecule has 0 bridgehead atoms. The van der Waals surface area contributed by atoms with Crippen LogP contribution in [0.25, 0.3) is 0 Å². The highest BCUT2D eigenvalue weighted by atomic mass is 16.1. The van der Waals surface area contributed by atoms with E-state index in [1.807, 2.05) is 13.8 Å². The van der Waals surface area contributed by atoms with Crippen molar-refractivity contribution in [1.29, 1.82) is 0 Å². The predicted octanol–water partition coefficient (Wildman–Crippen LogP) is -0.105. The molecular weight excluding hydrogens is 230 g/mol. The van der Waals surface area contributed by atoms with E-state index in [1.54, 1.807) is 7.05 Å². The highest BCUT2D eigenvalue weighted by molar-refractivity contribution is 5.77. The number of amides is 1. The highest BCUT2D eigenvalue weighted by Crippen LogP contribution is 2.23. The fourth-order valence-electron chi connectivity index (χ4n) is 2.42. The Hall–Kier alpha value is -1.56. The molecule has 6 heteroatoms. The van der Waals surface area contributed by atoms with E-state index in [4.69, 9.17) is 0 Å². The van der Waals surface area contributed by atoms with Crippen LogP contribution < -0.4 is 10.2 Å². The molecule has 0 unspecified atom stereocenters. The number of carbonyl (C=O) groups is 1. The van der Waals surface area contributed by atoms with Gasteiger partial charge < -0.3 is 10.2 Å². The summed E-state index contributed by atoms with van der Waals surface area (Å²) in [5.41, 5.74) is 3.38. The summed E-state index contributed by atoms with van der Waals surface area (Å²) in [5.74, 6) is 0.0825. The molecule has 2 rings (SSSR count). The highest BCUT2D eigenvalue weighted by Gasteiger charge is 2.21. The van der Waals surface area contributed by atoms with Crippen LogP contribution in [0.15, 0.2) is 0 Å². The van der Waals surface area contributed by atoms with Gasteiger partial charge in [-0.3, -0.25) is 14.8 Å². The van der Waals surface area contributed by atoms with Gasteiger partial charge in [-0.2, -0.15) is 5.10 Å². The van der Waals surface area contributed by atoms with E-state index in [9.17, 15) is 4.79 Å². The van der Waals surface area contributed by atoms with Crippen LogP contribution in [0.1, 0.15) is 11.4 Å². The van der Waals surface area contributed by atoms with Crippen molar-refractivity contribution in [2.75, 3.05) is 44.7 Å². The van der Waals surface area contributed by atoms with Gasteiger partial charge >= 0.3 is 0 Å². The number of nitrogens with zero attached hydrogens (tertiary/aromatic N) is 3. The Labute approximate surface area is 107 Å². The van der Waals surface area contributed by atoms with Crippen LogP contribution in [-0.4, -0.2) is 60.8 Å². The van der Waals surface area contributed by atoms with Crippen molar-refractivity contribution < 1.29 is 4.79 Å². The Balaban J connectivity index is 1.93. The second-order valence-electron chi connectivity index (χ2n) is 4.72. The molecule has 1 aliphatic rings. The predicted molar refractivity (Wildman–Crippen MR) is 70.8 cm³/mol. The first-order chi connectivity index (χ1) is 8.61. The van der Waals surface area contributed by atoms with E-state index >= 15 is 0 Å². The zero-order valence-corrected chi connectivity index (χ0v) is 11.3. The third-order valence-corrected chi connectivity index (χ3v) is 3.42. The number of piperazine rings is 1. The number of aromatic amines is 1. The number of nitrogens with one attached hydrogen (secondary N) is 2. The molecule has 1 amide bonds. The molecule has 0 atom stereocenters. The molecule has 18 heavy (non-hydrogen) atoms. The average molecular weight is 251 g/mol. The van der Waals surface area contributed by atoms with Gasteiger partial charge in [-0.15, -0.1) is 0 Å². The molecule has 0 radical (unpaired) electrons. The molecule has 2 N–H and O–H groups in total. The molecule has 1 aromatic heterocycles. The van der Waals surface area contributed by atoms with Crippen molar-refractivity contribution in [3.8, 4) is 0 Å². The zero-order valence-electron chi connectivity index (χ0n) is 11.3. The second-order valence-corrected chi connectivity index (χ2v) is 4.72. The second kappa shape index (κ2) is 5.39. The number of H-pyrrole nitrogens is 1. The van der Waals surface area contributed by atoms with Gasteiger partial charge in [0.15, 0.2) is 0 Å². The van der Waals surface area contributed by atoms with Crippen molar-refractivity contribution >= 4 is 11.6 Å². The summed E-state index contributed by atoms with van der Waals surface area (Å²) in [7, 11) is 1.68. The van der Waals surface area contributed by atoms with Crippen molar-refractivity contribution in [3.63, 3.8) is 0 Å². The number of rotatable bonds is 3. The van der Waals surface area contributed by atoms with Gasteiger partial charge in [0.2, 0.25) is 5.91 Å². The quantitative estimate of drug-likeness (QED) is 0.787. The van der Waals surface area contributed by atoms with Crippen LogP contribution in [0.2, 0.25) is 0 Å². The van der Waals surface area contributed by atoms with E-state index in [1.165, 1.54) is 5.69 Å². The Morgan fingerprint density at radius 2 is 2.00 bits per heavy atom. The topological polar surface area (TPSA) is 64.3 Å². The monoisotopic (exact) mass is 251 g/mol. The number of likely N-dealkylation sites (N-methyl/N-ethyl adjacent to an activating group) is 1. The molecule has 2 heterocycles. The van der Waals surface area contributed by atoms with E-state index < -0.39 is 0 Å². The van der Waals surface area contributed by atoms with Crippen molar-refractivity contribution in [2.24, 2.45) is 0 Å². The van der Waals surface area contributed by atoms with E-state index in [2.05, 4.69) is 25.3 Å². The first-order valence-electron chi connectivity index (χ1n) is 6.31. The maximum Gasteiger partial charge on any atom is 0.233 e. The maximum atomic E-state index is 11.3. The largest absolute Gasteiger partial charge is 0.366 e. The van der Waals surface area contributed by atoms with E-state index in [-0.39, 0.29) is 5.91 Å². The van der Waals surface area contributed by atoms with E-state index in [0.29, 0.717) is 6.54 Å². The lowest BCUT2D eigenvalue weighted by molar-refractivity contribution is -0.121. The molecule has 100 valence electrons. The van der Waals surface area contributed by atoms with Crippen LogP contribution in [-0.2, 0) is 4.79 Å². The fourth-order valence-corrected chi connectivity index (χ4v) is 2.42. The smallest absolute Gasteiger partial charge is 0.233 e. The zero-order chi connectivity index (χ0) is 13.1. The van der Waals surface area contributed by atoms with Crippen LogP contribution in [0.5, 0.6) is 0 Å². The lowest BCUT2D eigenvalue weighted by Gasteiger charge is -2.35. The summed E-state index contributed by atoms with van der Waals surface area (Å²) in [4.78, 5) is 15.8. The SMILES string of the molecule is CNC(=O)CN1CCN(c2c(C)n[nH]c2C)CC1. The van der Waals surface area contributed by atoms with Gasteiger partial charge in [-0.25, -0.2) is 0 Å². The number of aryl methyl sites for hydroxylation is 2. The summed E-state index contributed by atoms with van der Waals surface area (Å²) < 4.78 is 0. The number of hydrogen-bond acceptors (Lipinski definition) is 4. The van der Waals surface area contributed by atoms with E-state index in [0.717, 1.165) is 37.6 Å². The van der Waals surface area contributed by atoms with Gasteiger partial charge in [0.1, 0.15) is 0 Å². The molecule has 0 aromatic carbocycles. The van der Waals surface area contributed by atoms with Crippen LogP contribution >= 0.6 is 0 Å². The van der Waals surface area contributed by atoms with Gasteiger partial charge in [0.05, 0.1) is 23.6 Å². The van der Waals surface area contributed by atoms with Crippen LogP contribution in [0.3, 0.4) is 0 Å². The third-order valence-electron chi connectivity index (χ3n) is 3.42. The number of aromatic nitrogens is 2. The maximum absolute atomic E-state index is 11.3. The van der Waals surface area contributed by atoms with Crippen LogP contribution in [0.4, 0.5) is 5.69 Å². The van der Waals surface area contributed by atoms with Crippen molar-refractivity contribution in [2.45, 2.75) is 13.8 Å². The molecular formula is C12H21N5O. The van der Waals surface area contributed by atoms with Gasteiger partial charge in [0.25, 0.3) is 0 Å². The summed E-state index contributed by atoms with van der Waals surface area (Å²) >= 11 is 0. The minimum atomic E-state index is 0.0825. The molecule has 0 aliphatic carbocycles. The lowest BCUT2D eigenvalue weighted by Crippen LogP contribution is -2.49. The normalized spacial score (nSPS) is 16.9. The Morgan fingerprint density at radius 1 is 1.33 bits per heavy atom. The van der Waals surface area contributed by atoms with Crippen molar-refractivity contribution in [3.05, 3.63) is 11.4 Å². The molecule has 0 spiro atoms. The Kier molecular flexibility index (Phi) is 3.86. The first-order valence-corrected chi connectivity index (χ1v) is 6.31. The Morgan fingerprint density at radius 3 is 2.50 bits per heavy atom. The number of carbonyl (C=O) groups excluding carboxylic acids is 1. The molecule has 0 saturated carbocycles. The average Bonchev–Trinajstić information content (AvgIpc) is 2.70. The minimum Gasteiger partial charge on any atom is -0.366 e. The molecule has 1 aliphatic heterocycles. The van der Waals surface area contributed by atoms with Crippen molar-refractivity contribution in [1.82, 2.24) is 20.4 Å². The first kappa shape index (κ1) is 12.9. The third kappa shape index (κ3) is 2.64. The van der Waals surface area contributed by atoms with Gasteiger partial charge in [-0.1, -0.05) is 0 Å². The molecule has 1 aromatic rings. The van der Waals surface area contributed by atoms with Gasteiger partial charge in [0, 0.05) is 33.2 Å². The summed E-state index contributed by atoms with van der Waals surface area (Å²) in [6.45, 7) is 8.28. The lowest BCUT2D eigenvalue weighted by atomic mass is 10.2. The summed E-state index contributed by atoms with van der Waals surface area (Å²) in [6, 6.07) is 0. The number of anilines is 1. The van der Waals surface area contributed by atoms with Crippen LogP contribution in [0, 0.1) is 13.8 Å². The molecule has 6 nitrogen and oxygen atoms in total. The summed E-state index contributed by atoms with van der Waals surface area (Å²) in [6.07, 6.45) is 0. The van der Waals surface area contributed by atoms with Gasteiger partial charge in [-0.05, 0) is 13.8 Å². The minimum absolute atomic E-state index is 0.0825. The Bertz CT molecular complexity index is 401.